The predicted molar refractivity (Wildman–Crippen MR) is 42.9 cm³/mol. The molecule has 62 valence electrons. The summed E-state index contributed by atoms with van der Waals surface area (Å²) in [6.45, 7) is 1.86. The Hall–Kier alpha value is -1.72. The first kappa shape index (κ1) is 6.96. The van der Waals surface area contributed by atoms with E-state index >= 15 is 0 Å². The van der Waals surface area contributed by atoms with Crippen molar-refractivity contribution < 1.29 is 0 Å². The maximum absolute atomic E-state index is 4.04. The molecule has 2 aromatic heterocycles. The van der Waals surface area contributed by atoms with Gasteiger partial charge >= 0.3 is 0 Å². The number of nitrogens with zero attached hydrogens (tertiary/aromatic N) is 5. The number of nitrogens with one attached hydrogen (secondary N) is 1. The van der Waals surface area contributed by atoms with E-state index in [1.165, 1.54) is 6.33 Å². The van der Waals surface area contributed by atoms with E-state index < -0.39 is 0 Å². The fourth-order valence-corrected chi connectivity index (χ4v) is 1.01. The first-order chi connectivity index (χ1) is 5.83. The standard InChI is InChI=1S/C6H8N6/c1-4-5-8-3-9-6(7-2)12(5)11-10-4/h3H,1-2H3,(H,7,8,9). The smallest absolute Gasteiger partial charge is 0.228 e. The van der Waals surface area contributed by atoms with Gasteiger partial charge < -0.3 is 5.32 Å². The first-order valence-electron chi connectivity index (χ1n) is 3.53. The summed E-state index contributed by atoms with van der Waals surface area (Å²) in [5, 5.41) is 10.6. The lowest BCUT2D eigenvalue weighted by Crippen LogP contribution is -2.03. The second-order valence-electron chi connectivity index (χ2n) is 2.36. The van der Waals surface area contributed by atoms with Crippen LogP contribution in [-0.4, -0.2) is 31.8 Å². The van der Waals surface area contributed by atoms with Crippen LogP contribution in [0.5, 0.6) is 0 Å². The number of hydrogen-bond donors (Lipinski definition) is 1. The molecule has 0 radical (unpaired) electrons. The van der Waals surface area contributed by atoms with Crippen LogP contribution in [0.15, 0.2) is 6.33 Å². The Balaban J connectivity index is 2.81. The fourth-order valence-electron chi connectivity index (χ4n) is 1.01. The molecule has 12 heavy (non-hydrogen) atoms. The summed E-state index contributed by atoms with van der Waals surface area (Å²) in [6.07, 6.45) is 1.48. The van der Waals surface area contributed by atoms with E-state index in [9.17, 15) is 0 Å². The number of anilines is 1. The quantitative estimate of drug-likeness (QED) is 0.635. The lowest BCUT2D eigenvalue weighted by molar-refractivity contribution is 0.825. The van der Waals surface area contributed by atoms with Gasteiger partial charge in [0.05, 0.1) is 0 Å². The monoisotopic (exact) mass is 164 g/mol. The van der Waals surface area contributed by atoms with Crippen LogP contribution in [0.1, 0.15) is 5.69 Å². The molecule has 6 nitrogen and oxygen atoms in total. The van der Waals surface area contributed by atoms with Gasteiger partial charge in [0.15, 0.2) is 5.65 Å². The van der Waals surface area contributed by atoms with Crippen molar-refractivity contribution in [1.29, 1.82) is 0 Å². The molecule has 0 spiro atoms. The summed E-state index contributed by atoms with van der Waals surface area (Å²) >= 11 is 0. The van der Waals surface area contributed by atoms with Crippen molar-refractivity contribution >= 4 is 11.6 Å². The van der Waals surface area contributed by atoms with Crippen molar-refractivity contribution in [3.8, 4) is 0 Å². The number of aryl methyl sites for hydroxylation is 1. The molecule has 1 N–H and O–H groups in total. The van der Waals surface area contributed by atoms with Crippen molar-refractivity contribution in [1.82, 2.24) is 24.8 Å². The Bertz CT molecular complexity index is 405. The zero-order valence-electron chi connectivity index (χ0n) is 6.81. The van der Waals surface area contributed by atoms with Crippen molar-refractivity contribution in [2.75, 3.05) is 12.4 Å². The summed E-state index contributed by atoms with van der Waals surface area (Å²) < 4.78 is 1.56. The van der Waals surface area contributed by atoms with Crippen molar-refractivity contribution in [3.05, 3.63) is 12.0 Å². The van der Waals surface area contributed by atoms with Crippen LogP contribution in [0.4, 0.5) is 5.95 Å². The molecule has 2 heterocycles. The van der Waals surface area contributed by atoms with E-state index in [0.717, 1.165) is 11.3 Å². The van der Waals surface area contributed by atoms with E-state index in [-0.39, 0.29) is 0 Å². The molecule has 0 atom stereocenters. The highest BCUT2D eigenvalue weighted by Crippen LogP contribution is 2.05. The first-order valence-corrected chi connectivity index (χ1v) is 3.53. The summed E-state index contributed by atoms with van der Waals surface area (Å²) in [4.78, 5) is 8.01. The van der Waals surface area contributed by atoms with Gasteiger partial charge in [-0.3, -0.25) is 0 Å². The summed E-state index contributed by atoms with van der Waals surface area (Å²) in [5.41, 5.74) is 1.53. The van der Waals surface area contributed by atoms with Gasteiger partial charge in [-0.25, -0.2) is 9.97 Å². The van der Waals surface area contributed by atoms with Crippen molar-refractivity contribution in [2.45, 2.75) is 6.92 Å². The lowest BCUT2D eigenvalue weighted by atomic mass is 10.5. The van der Waals surface area contributed by atoms with Crippen LogP contribution in [0.25, 0.3) is 5.65 Å². The van der Waals surface area contributed by atoms with Gasteiger partial charge in [-0.1, -0.05) is 5.21 Å². The minimum absolute atomic E-state index is 0.639. The average molecular weight is 164 g/mol. The van der Waals surface area contributed by atoms with E-state index in [4.69, 9.17) is 0 Å². The molecule has 0 fully saturated rings. The SMILES string of the molecule is CNc1ncnc2c(C)nnn12. The Morgan fingerprint density at radius 3 is 3.00 bits per heavy atom. The third kappa shape index (κ3) is 0.810. The van der Waals surface area contributed by atoms with Crippen LogP contribution in [0, 0.1) is 6.92 Å². The van der Waals surface area contributed by atoms with Gasteiger partial charge in [0.2, 0.25) is 5.95 Å². The molecule has 0 bridgehead atoms. The normalized spacial score (nSPS) is 10.5. The molecule has 0 aliphatic rings. The third-order valence-electron chi connectivity index (χ3n) is 1.59. The van der Waals surface area contributed by atoms with Crippen LogP contribution >= 0.6 is 0 Å². The number of aromatic nitrogens is 5. The molecule has 0 aromatic carbocycles. The van der Waals surface area contributed by atoms with E-state index in [1.807, 2.05) is 6.92 Å². The molecule has 2 rings (SSSR count). The zero-order chi connectivity index (χ0) is 8.55. The molecule has 0 aliphatic carbocycles. The van der Waals surface area contributed by atoms with Gasteiger partial charge in [0.25, 0.3) is 0 Å². The molecule has 0 saturated heterocycles. The molecular weight excluding hydrogens is 156 g/mol. The second kappa shape index (κ2) is 2.40. The molecule has 0 aliphatic heterocycles. The van der Waals surface area contributed by atoms with Crippen LogP contribution in [-0.2, 0) is 0 Å². The van der Waals surface area contributed by atoms with E-state index in [0.29, 0.717) is 5.95 Å². The highest BCUT2D eigenvalue weighted by molar-refractivity contribution is 5.45. The maximum Gasteiger partial charge on any atom is 0.228 e. The molecule has 0 saturated carbocycles. The molecule has 0 unspecified atom stereocenters. The Morgan fingerprint density at radius 2 is 2.25 bits per heavy atom. The third-order valence-corrected chi connectivity index (χ3v) is 1.59. The Morgan fingerprint density at radius 1 is 1.42 bits per heavy atom. The van der Waals surface area contributed by atoms with Gasteiger partial charge in [-0.05, 0) is 6.92 Å². The minimum Gasteiger partial charge on any atom is -0.357 e. The van der Waals surface area contributed by atoms with Crippen molar-refractivity contribution in [2.24, 2.45) is 0 Å². The summed E-state index contributed by atoms with van der Waals surface area (Å²) in [7, 11) is 1.78. The highest BCUT2D eigenvalue weighted by atomic mass is 15.5. The minimum atomic E-state index is 0.639. The van der Waals surface area contributed by atoms with Gasteiger partial charge in [0.1, 0.15) is 12.0 Å². The van der Waals surface area contributed by atoms with Gasteiger partial charge in [-0.15, -0.1) is 5.10 Å². The Labute approximate surface area is 68.6 Å². The summed E-state index contributed by atoms with van der Waals surface area (Å²) in [6, 6.07) is 0. The fraction of sp³-hybridized carbons (Fsp3) is 0.333. The van der Waals surface area contributed by atoms with Gasteiger partial charge in [0, 0.05) is 7.05 Å². The Kier molecular flexibility index (Phi) is 1.39. The van der Waals surface area contributed by atoms with Crippen LogP contribution in [0.3, 0.4) is 0 Å². The highest BCUT2D eigenvalue weighted by Gasteiger charge is 2.05. The summed E-state index contributed by atoms with van der Waals surface area (Å²) in [5.74, 6) is 0.639. The molecule has 6 heteroatoms. The van der Waals surface area contributed by atoms with Crippen LogP contribution < -0.4 is 5.32 Å². The van der Waals surface area contributed by atoms with Crippen molar-refractivity contribution in [3.63, 3.8) is 0 Å². The zero-order valence-corrected chi connectivity index (χ0v) is 6.81. The molecule has 2 aromatic rings. The lowest BCUT2D eigenvalue weighted by Gasteiger charge is -1.98. The molecular formula is C6H8N6. The topological polar surface area (TPSA) is 68.0 Å². The van der Waals surface area contributed by atoms with E-state index in [1.54, 1.807) is 11.6 Å². The number of rotatable bonds is 1. The van der Waals surface area contributed by atoms with E-state index in [2.05, 4.69) is 25.6 Å². The predicted octanol–water partition coefficient (Wildman–Crippen LogP) is -0.131. The van der Waals surface area contributed by atoms with Crippen LogP contribution in [0.2, 0.25) is 0 Å². The van der Waals surface area contributed by atoms with Gasteiger partial charge in [-0.2, -0.15) is 4.52 Å². The average Bonchev–Trinajstić information content (AvgIpc) is 2.48. The maximum atomic E-state index is 4.04. The number of fused-ring (bicyclic) bond motifs is 1. The molecule has 0 amide bonds. The second-order valence-corrected chi connectivity index (χ2v) is 2.36. The largest absolute Gasteiger partial charge is 0.357 e. The number of hydrogen-bond acceptors (Lipinski definition) is 5.